The van der Waals surface area contributed by atoms with Crippen molar-refractivity contribution in [3.05, 3.63) is 0 Å². The Hall–Kier alpha value is 0.0700. The van der Waals surface area contributed by atoms with Crippen molar-refractivity contribution < 1.29 is 12.9 Å². The van der Waals surface area contributed by atoms with Gasteiger partial charge in [-0.05, 0) is 6.42 Å². The van der Waals surface area contributed by atoms with E-state index in [0.717, 1.165) is 12.8 Å². The lowest BCUT2D eigenvalue weighted by atomic mass is 10.1. The fourth-order valence-corrected chi connectivity index (χ4v) is 1.44. The summed E-state index contributed by atoms with van der Waals surface area (Å²) in [6.45, 7) is 2.53. The molecule has 0 rings (SSSR count). The highest BCUT2D eigenvalue weighted by atomic mass is 32.2. The molecular weight excluding hydrogens is 188 g/mol. The van der Waals surface area contributed by atoms with E-state index in [2.05, 4.69) is 11.1 Å². The van der Waals surface area contributed by atoms with E-state index in [1.54, 1.807) is 0 Å². The molecule has 4 heteroatoms. The molecule has 0 aromatic carbocycles. The molecule has 0 N–H and O–H groups in total. The summed E-state index contributed by atoms with van der Waals surface area (Å²) >= 11 is -2.33. The molecule has 0 amide bonds. The standard InChI is InChI=1S/C9H20O3S/c1-2-3-4-5-6-7-8-9-12-13(10)11/h2-9H2,1H3,(H,10,11)/p-1. The molecular formula is C9H19O3S-. The molecule has 0 bridgehead atoms. The first kappa shape index (κ1) is 13.1. The van der Waals surface area contributed by atoms with E-state index in [4.69, 9.17) is 0 Å². The van der Waals surface area contributed by atoms with E-state index in [1.165, 1.54) is 32.1 Å². The summed E-state index contributed by atoms with van der Waals surface area (Å²) in [4.78, 5) is 0. The molecule has 0 spiro atoms. The normalized spacial score (nSPS) is 13.1. The Labute approximate surface area is 83.4 Å². The van der Waals surface area contributed by atoms with Crippen LogP contribution in [0.3, 0.4) is 0 Å². The fourth-order valence-electron chi connectivity index (χ4n) is 1.19. The third kappa shape index (κ3) is 12.1. The highest BCUT2D eigenvalue weighted by Crippen LogP contribution is 2.06. The van der Waals surface area contributed by atoms with Gasteiger partial charge in [0.15, 0.2) is 0 Å². The molecule has 0 aliphatic heterocycles. The molecule has 0 aromatic rings. The van der Waals surface area contributed by atoms with Crippen LogP contribution in [0.15, 0.2) is 0 Å². The van der Waals surface area contributed by atoms with Gasteiger partial charge in [0.2, 0.25) is 0 Å². The van der Waals surface area contributed by atoms with Crippen molar-refractivity contribution in [2.24, 2.45) is 0 Å². The summed E-state index contributed by atoms with van der Waals surface area (Å²) < 4.78 is 24.3. The van der Waals surface area contributed by atoms with Crippen molar-refractivity contribution in [3.8, 4) is 0 Å². The molecule has 1 atom stereocenters. The average molecular weight is 207 g/mol. The second kappa shape index (κ2) is 10.2. The maximum atomic E-state index is 9.95. The summed E-state index contributed by atoms with van der Waals surface area (Å²) in [7, 11) is 0. The Balaban J connectivity index is 2.87. The molecule has 3 nitrogen and oxygen atoms in total. The van der Waals surface area contributed by atoms with E-state index in [1.807, 2.05) is 0 Å². The lowest BCUT2D eigenvalue weighted by molar-refractivity contribution is 0.290. The van der Waals surface area contributed by atoms with Gasteiger partial charge in [0.1, 0.15) is 0 Å². The molecule has 0 aliphatic rings. The van der Waals surface area contributed by atoms with Gasteiger partial charge < -0.3 is 8.74 Å². The fraction of sp³-hybridized carbons (Fsp3) is 1.00. The van der Waals surface area contributed by atoms with E-state index < -0.39 is 11.4 Å². The smallest absolute Gasteiger partial charge is 0.0842 e. The predicted molar refractivity (Wildman–Crippen MR) is 52.9 cm³/mol. The molecule has 0 aromatic heterocycles. The molecule has 0 saturated carbocycles. The summed E-state index contributed by atoms with van der Waals surface area (Å²) in [5.41, 5.74) is 0. The summed E-state index contributed by atoms with van der Waals surface area (Å²) in [5, 5.41) is 0. The minimum absolute atomic E-state index is 0.337. The van der Waals surface area contributed by atoms with Crippen LogP contribution in [0.25, 0.3) is 0 Å². The molecule has 1 unspecified atom stereocenters. The zero-order valence-corrected chi connectivity index (χ0v) is 9.11. The highest BCUT2D eigenvalue weighted by molar-refractivity contribution is 7.74. The second-order valence-electron chi connectivity index (χ2n) is 3.15. The van der Waals surface area contributed by atoms with E-state index >= 15 is 0 Å². The SMILES string of the molecule is CCCCCCCCCOS(=O)[O-]. The molecule has 0 radical (unpaired) electrons. The minimum Gasteiger partial charge on any atom is -0.750 e. The van der Waals surface area contributed by atoms with Crippen LogP contribution < -0.4 is 0 Å². The van der Waals surface area contributed by atoms with Crippen molar-refractivity contribution in [3.63, 3.8) is 0 Å². The van der Waals surface area contributed by atoms with Crippen molar-refractivity contribution in [2.75, 3.05) is 6.61 Å². The monoisotopic (exact) mass is 207 g/mol. The minimum atomic E-state index is -2.33. The van der Waals surface area contributed by atoms with Crippen molar-refractivity contribution in [1.82, 2.24) is 0 Å². The van der Waals surface area contributed by atoms with Crippen LogP contribution in [0.4, 0.5) is 0 Å². The molecule has 0 fully saturated rings. The van der Waals surface area contributed by atoms with Gasteiger partial charge in [-0.1, -0.05) is 45.4 Å². The van der Waals surface area contributed by atoms with Crippen LogP contribution in [-0.2, 0) is 15.5 Å². The average Bonchev–Trinajstić information content (AvgIpc) is 2.09. The van der Waals surface area contributed by atoms with Crippen molar-refractivity contribution >= 4 is 11.4 Å². The van der Waals surface area contributed by atoms with Gasteiger partial charge in [0.25, 0.3) is 0 Å². The summed E-state index contributed by atoms with van der Waals surface area (Å²) in [5.74, 6) is 0. The van der Waals surface area contributed by atoms with Crippen molar-refractivity contribution in [1.29, 1.82) is 0 Å². The van der Waals surface area contributed by atoms with Crippen molar-refractivity contribution in [2.45, 2.75) is 51.9 Å². The molecule has 0 saturated heterocycles. The number of rotatable bonds is 9. The maximum Gasteiger partial charge on any atom is 0.0842 e. The molecule has 0 heterocycles. The van der Waals surface area contributed by atoms with Crippen LogP contribution in [-0.4, -0.2) is 15.4 Å². The Kier molecular flexibility index (Phi) is 10.2. The van der Waals surface area contributed by atoms with Gasteiger partial charge >= 0.3 is 0 Å². The van der Waals surface area contributed by atoms with Gasteiger partial charge in [-0.25, -0.2) is 4.21 Å². The van der Waals surface area contributed by atoms with E-state index in [9.17, 15) is 8.76 Å². The van der Waals surface area contributed by atoms with Gasteiger partial charge in [0, 0.05) is 0 Å². The topological polar surface area (TPSA) is 49.4 Å². The lowest BCUT2D eigenvalue weighted by Crippen LogP contribution is -1.97. The van der Waals surface area contributed by atoms with Crippen LogP contribution >= 0.6 is 0 Å². The van der Waals surface area contributed by atoms with Crippen LogP contribution in [0.1, 0.15) is 51.9 Å². The van der Waals surface area contributed by atoms with Crippen LogP contribution in [0.5, 0.6) is 0 Å². The Morgan fingerprint density at radius 1 is 1.08 bits per heavy atom. The first-order valence-electron chi connectivity index (χ1n) is 5.00. The first-order valence-corrected chi connectivity index (χ1v) is 6.00. The third-order valence-corrected chi connectivity index (χ3v) is 2.29. The van der Waals surface area contributed by atoms with Crippen LogP contribution in [0.2, 0.25) is 0 Å². The second-order valence-corrected chi connectivity index (χ2v) is 3.79. The quantitative estimate of drug-likeness (QED) is 0.431. The Morgan fingerprint density at radius 3 is 2.15 bits per heavy atom. The number of hydrogen-bond acceptors (Lipinski definition) is 3. The van der Waals surface area contributed by atoms with Gasteiger partial charge in [-0.2, -0.15) is 0 Å². The zero-order chi connectivity index (χ0) is 9.94. The molecule has 0 aliphatic carbocycles. The zero-order valence-electron chi connectivity index (χ0n) is 8.29. The largest absolute Gasteiger partial charge is 0.750 e. The Bertz CT molecular complexity index is 128. The summed E-state index contributed by atoms with van der Waals surface area (Å²) in [6, 6.07) is 0. The van der Waals surface area contributed by atoms with E-state index in [0.29, 0.717) is 6.61 Å². The van der Waals surface area contributed by atoms with Gasteiger partial charge in [0.05, 0.1) is 18.0 Å². The first-order chi connectivity index (χ1) is 6.27. The van der Waals surface area contributed by atoms with Gasteiger partial charge in [-0.15, -0.1) is 0 Å². The summed E-state index contributed by atoms with van der Waals surface area (Å²) in [6.07, 6.45) is 8.23. The van der Waals surface area contributed by atoms with Gasteiger partial charge in [-0.3, -0.25) is 0 Å². The Morgan fingerprint density at radius 2 is 1.62 bits per heavy atom. The van der Waals surface area contributed by atoms with E-state index in [-0.39, 0.29) is 0 Å². The maximum absolute atomic E-state index is 9.95. The highest BCUT2D eigenvalue weighted by Gasteiger charge is 1.91. The lowest BCUT2D eigenvalue weighted by Gasteiger charge is -2.04. The third-order valence-electron chi connectivity index (χ3n) is 1.93. The number of unbranched alkanes of at least 4 members (excludes halogenated alkanes) is 6. The molecule has 13 heavy (non-hydrogen) atoms. The predicted octanol–water partition coefficient (Wildman–Crippen LogP) is 2.55. The van der Waals surface area contributed by atoms with Crippen LogP contribution in [0, 0.1) is 0 Å². The number of hydrogen-bond donors (Lipinski definition) is 0. The molecule has 80 valence electrons.